The van der Waals surface area contributed by atoms with Gasteiger partial charge in [0, 0.05) is 11.8 Å². The number of thiophene rings is 1. The molecule has 110 valence electrons. The SMILES string of the molecule is CCOC(=O)c1sc(NC(=O)c2ccnc(Br)c2)cc1C. The first-order valence-corrected chi connectivity index (χ1v) is 7.82. The molecule has 7 heteroatoms. The lowest BCUT2D eigenvalue weighted by Crippen LogP contribution is -2.10. The first-order valence-electron chi connectivity index (χ1n) is 6.21. The van der Waals surface area contributed by atoms with E-state index in [4.69, 9.17) is 4.74 Å². The number of pyridine rings is 1. The van der Waals surface area contributed by atoms with Crippen molar-refractivity contribution in [3.05, 3.63) is 45.0 Å². The van der Waals surface area contributed by atoms with Crippen molar-refractivity contribution in [2.24, 2.45) is 0 Å². The number of esters is 1. The minimum atomic E-state index is -0.368. The summed E-state index contributed by atoms with van der Waals surface area (Å²) in [5.41, 5.74) is 1.27. The van der Waals surface area contributed by atoms with E-state index in [0.717, 1.165) is 5.56 Å². The van der Waals surface area contributed by atoms with Gasteiger partial charge in [-0.2, -0.15) is 0 Å². The van der Waals surface area contributed by atoms with Crippen LogP contribution in [0.3, 0.4) is 0 Å². The fourth-order valence-corrected chi connectivity index (χ4v) is 3.00. The van der Waals surface area contributed by atoms with Crippen LogP contribution < -0.4 is 5.32 Å². The normalized spacial score (nSPS) is 10.2. The highest BCUT2D eigenvalue weighted by molar-refractivity contribution is 9.10. The fourth-order valence-electron chi connectivity index (χ4n) is 1.67. The molecule has 0 spiro atoms. The molecule has 2 heterocycles. The van der Waals surface area contributed by atoms with Gasteiger partial charge in [0.2, 0.25) is 0 Å². The number of carbonyl (C=O) groups excluding carboxylic acids is 2. The van der Waals surface area contributed by atoms with Crippen LogP contribution in [0.4, 0.5) is 5.00 Å². The molecular formula is C14H13BrN2O3S. The number of hydrogen-bond acceptors (Lipinski definition) is 5. The lowest BCUT2D eigenvalue weighted by molar-refractivity contribution is 0.0531. The summed E-state index contributed by atoms with van der Waals surface area (Å²) in [6.07, 6.45) is 1.54. The average molecular weight is 369 g/mol. The number of hydrogen-bond donors (Lipinski definition) is 1. The summed E-state index contributed by atoms with van der Waals surface area (Å²) in [5.74, 6) is -0.623. The molecule has 5 nitrogen and oxygen atoms in total. The van der Waals surface area contributed by atoms with Gasteiger partial charge in [-0.05, 0) is 53.5 Å². The molecule has 1 amide bonds. The van der Waals surface area contributed by atoms with E-state index in [-0.39, 0.29) is 11.9 Å². The molecule has 0 bridgehead atoms. The number of aromatic nitrogens is 1. The predicted octanol–water partition coefficient (Wildman–Crippen LogP) is 3.64. The van der Waals surface area contributed by atoms with E-state index in [1.807, 2.05) is 0 Å². The van der Waals surface area contributed by atoms with E-state index in [1.54, 1.807) is 38.2 Å². The van der Waals surface area contributed by atoms with Crippen LogP contribution in [0, 0.1) is 6.92 Å². The number of ether oxygens (including phenoxy) is 1. The fraction of sp³-hybridized carbons (Fsp3) is 0.214. The van der Waals surface area contributed by atoms with Crippen molar-refractivity contribution in [2.75, 3.05) is 11.9 Å². The summed E-state index contributed by atoms with van der Waals surface area (Å²) >= 11 is 4.42. The molecule has 0 aliphatic carbocycles. The third-order valence-corrected chi connectivity index (χ3v) is 4.17. The lowest BCUT2D eigenvalue weighted by atomic mass is 10.2. The molecule has 0 aliphatic rings. The molecule has 0 radical (unpaired) electrons. The molecule has 0 atom stereocenters. The molecule has 21 heavy (non-hydrogen) atoms. The third kappa shape index (κ3) is 3.89. The number of aryl methyl sites for hydroxylation is 1. The van der Waals surface area contributed by atoms with Gasteiger partial charge < -0.3 is 10.1 Å². The number of rotatable bonds is 4. The van der Waals surface area contributed by atoms with Crippen LogP contribution >= 0.6 is 27.3 Å². The molecule has 0 aliphatic heterocycles. The van der Waals surface area contributed by atoms with E-state index in [9.17, 15) is 9.59 Å². The van der Waals surface area contributed by atoms with Crippen LogP contribution in [0.5, 0.6) is 0 Å². The van der Waals surface area contributed by atoms with E-state index >= 15 is 0 Å². The van der Waals surface area contributed by atoms with Crippen molar-refractivity contribution in [2.45, 2.75) is 13.8 Å². The minimum Gasteiger partial charge on any atom is -0.462 e. The van der Waals surface area contributed by atoms with E-state index < -0.39 is 0 Å². The molecule has 0 saturated heterocycles. The number of halogens is 1. The van der Waals surface area contributed by atoms with Crippen molar-refractivity contribution >= 4 is 44.1 Å². The number of amides is 1. The van der Waals surface area contributed by atoms with Crippen molar-refractivity contribution in [3.63, 3.8) is 0 Å². The second kappa shape index (κ2) is 6.82. The highest BCUT2D eigenvalue weighted by atomic mass is 79.9. The Bertz CT molecular complexity index is 685. The van der Waals surface area contributed by atoms with Crippen molar-refractivity contribution in [1.29, 1.82) is 0 Å². The van der Waals surface area contributed by atoms with Crippen LogP contribution in [-0.4, -0.2) is 23.5 Å². The highest BCUT2D eigenvalue weighted by Crippen LogP contribution is 2.27. The molecule has 1 N–H and O–H groups in total. The zero-order valence-corrected chi connectivity index (χ0v) is 13.9. The Hall–Kier alpha value is -1.73. The highest BCUT2D eigenvalue weighted by Gasteiger charge is 2.16. The third-order valence-electron chi connectivity index (χ3n) is 2.60. The summed E-state index contributed by atoms with van der Waals surface area (Å²) in [4.78, 5) is 28.3. The van der Waals surface area contributed by atoms with Crippen molar-refractivity contribution in [1.82, 2.24) is 4.98 Å². The molecule has 0 saturated carbocycles. The van der Waals surface area contributed by atoms with Gasteiger partial charge in [-0.3, -0.25) is 4.79 Å². The van der Waals surface area contributed by atoms with Crippen LogP contribution in [-0.2, 0) is 4.74 Å². The van der Waals surface area contributed by atoms with Crippen LogP contribution in [0.15, 0.2) is 29.0 Å². The van der Waals surface area contributed by atoms with Crippen LogP contribution in [0.1, 0.15) is 32.5 Å². The Balaban J connectivity index is 2.15. The number of carbonyl (C=O) groups is 2. The largest absolute Gasteiger partial charge is 0.462 e. The Labute approximate surface area is 134 Å². The number of nitrogens with zero attached hydrogens (tertiary/aromatic N) is 1. The standard InChI is InChI=1S/C14H13BrN2O3S/c1-3-20-14(19)12-8(2)6-11(21-12)17-13(18)9-4-5-16-10(15)7-9/h4-7H,3H2,1-2H3,(H,17,18). The van der Waals surface area contributed by atoms with Gasteiger partial charge in [-0.1, -0.05) is 0 Å². The van der Waals surface area contributed by atoms with E-state index in [2.05, 4.69) is 26.2 Å². The minimum absolute atomic E-state index is 0.255. The van der Waals surface area contributed by atoms with Gasteiger partial charge >= 0.3 is 5.97 Å². The first kappa shape index (κ1) is 15.7. The maximum absolute atomic E-state index is 12.1. The lowest BCUT2D eigenvalue weighted by Gasteiger charge is -2.02. The summed E-state index contributed by atoms with van der Waals surface area (Å²) in [7, 11) is 0. The number of nitrogens with one attached hydrogen (secondary N) is 1. The Morgan fingerprint density at radius 1 is 1.43 bits per heavy atom. The van der Waals surface area contributed by atoms with Gasteiger partial charge in [0.05, 0.1) is 11.6 Å². The Kier molecular flexibility index (Phi) is 5.08. The zero-order valence-electron chi connectivity index (χ0n) is 11.5. The summed E-state index contributed by atoms with van der Waals surface area (Å²) in [6, 6.07) is 5.00. The van der Waals surface area contributed by atoms with Crippen molar-refractivity contribution in [3.8, 4) is 0 Å². The molecule has 2 aromatic rings. The second-order valence-electron chi connectivity index (χ2n) is 4.16. The predicted molar refractivity (Wildman–Crippen MR) is 84.9 cm³/mol. The van der Waals surface area contributed by atoms with Crippen molar-refractivity contribution < 1.29 is 14.3 Å². The van der Waals surface area contributed by atoms with Gasteiger partial charge in [0.25, 0.3) is 5.91 Å². The average Bonchev–Trinajstić information content (AvgIpc) is 2.80. The van der Waals surface area contributed by atoms with Crippen LogP contribution in [0.2, 0.25) is 0 Å². The molecular weight excluding hydrogens is 356 g/mol. The van der Waals surface area contributed by atoms with Crippen LogP contribution in [0.25, 0.3) is 0 Å². The van der Waals surface area contributed by atoms with E-state index in [1.165, 1.54) is 11.3 Å². The summed E-state index contributed by atoms with van der Waals surface area (Å²) in [5, 5.41) is 3.37. The molecule has 0 unspecified atom stereocenters. The summed E-state index contributed by atoms with van der Waals surface area (Å²) < 4.78 is 5.56. The topological polar surface area (TPSA) is 68.3 Å². The first-order chi connectivity index (χ1) is 10.0. The molecule has 2 rings (SSSR count). The quantitative estimate of drug-likeness (QED) is 0.660. The maximum atomic E-state index is 12.1. The zero-order chi connectivity index (χ0) is 15.4. The smallest absolute Gasteiger partial charge is 0.348 e. The molecule has 0 fully saturated rings. The van der Waals surface area contributed by atoms with Gasteiger partial charge in [-0.15, -0.1) is 11.3 Å². The van der Waals surface area contributed by atoms with Gasteiger partial charge in [0.1, 0.15) is 9.48 Å². The van der Waals surface area contributed by atoms with E-state index in [0.29, 0.717) is 26.7 Å². The number of anilines is 1. The Morgan fingerprint density at radius 3 is 2.86 bits per heavy atom. The Morgan fingerprint density at radius 2 is 2.19 bits per heavy atom. The monoisotopic (exact) mass is 368 g/mol. The maximum Gasteiger partial charge on any atom is 0.348 e. The summed E-state index contributed by atoms with van der Waals surface area (Å²) in [6.45, 7) is 3.88. The van der Waals surface area contributed by atoms with Gasteiger partial charge in [0.15, 0.2) is 0 Å². The molecule has 0 aromatic carbocycles. The van der Waals surface area contributed by atoms with Gasteiger partial charge in [-0.25, -0.2) is 9.78 Å². The second-order valence-corrected chi connectivity index (χ2v) is 6.03. The molecule has 2 aromatic heterocycles.